The number of halogens is 1. The summed E-state index contributed by atoms with van der Waals surface area (Å²) in [6.45, 7) is 1.81. The Hall–Kier alpha value is -1.79. The fraction of sp³-hybridized carbons (Fsp3) is 0.429. The number of piperidine rings is 1. The number of rotatable bonds is 1. The molecule has 114 valence electrons. The van der Waals surface area contributed by atoms with Gasteiger partial charge in [-0.1, -0.05) is 12.1 Å². The molecule has 1 aromatic carbocycles. The van der Waals surface area contributed by atoms with Gasteiger partial charge >= 0.3 is 11.8 Å². The molecule has 0 bridgehead atoms. The van der Waals surface area contributed by atoms with Crippen molar-refractivity contribution in [2.75, 3.05) is 20.1 Å². The van der Waals surface area contributed by atoms with Crippen LogP contribution in [0, 0.1) is 0 Å². The molecule has 6 nitrogen and oxygen atoms in total. The molecule has 0 amide bonds. The first-order valence-electron chi connectivity index (χ1n) is 6.74. The fourth-order valence-corrected chi connectivity index (χ4v) is 2.53. The molecule has 1 aliphatic rings. The van der Waals surface area contributed by atoms with Gasteiger partial charge in [0.1, 0.15) is 6.10 Å². The van der Waals surface area contributed by atoms with Crippen molar-refractivity contribution in [2.24, 2.45) is 0 Å². The Labute approximate surface area is 128 Å². The van der Waals surface area contributed by atoms with Crippen LogP contribution >= 0.6 is 12.4 Å². The molecule has 21 heavy (non-hydrogen) atoms. The van der Waals surface area contributed by atoms with E-state index in [-0.39, 0.29) is 18.5 Å². The lowest BCUT2D eigenvalue weighted by Gasteiger charge is -2.28. The van der Waals surface area contributed by atoms with Gasteiger partial charge in [-0.2, -0.15) is 4.57 Å². The van der Waals surface area contributed by atoms with Crippen molar-refractivity contribution in [3.63, 3.8) is 0 Å². The number of nitrogens with one attached hydrogen (secondary N) is 1. The normalized spacial score (nSPS) is 16.6. The standard InChI is InChI=1S/C14H17N3O3.ClH/c1-16-8-6-10(7-9-16)20-14(19)17-12-5-3-2-4-11(12)15-13(17)18;/h2-5,10H,6-9H2,1H3,(H,15,18);1H. The Morgan fingerprint density at radius 1 is 1.29 bits per heavy atom. The van der Waals surface area contributed by atoms with Crippen molar-refractivity contribution in [3.05, 3.63) is 34.7 Å². The summed E-state index contributed by atoms with van der Waals surface area (Å²) >= 11 is 0. The van der Waals surface area contributed by atoms with Gasteiger partial charge in [-0.3, -0.25) is 0 Å². The zero-order valence-corrected chi connectivity index (χ0v) is 12.6. The molecule has 0 unspecified atom stereocenters. The van der Waals surface area contributed by atoms with E-state index in [0.29, 0.717) is 11.0 Å². The third-order valence-electron chi connectivity index (χ3n) is 3.71. The van der Waals surface area contributed by atoms with Gasteiger partial charge in [-0.05, 0) is 32.0 Å². The Morgan fingerprint density at radius 2 is 1.95 bits per heavy atom. The van der Waals surface area contributed by atoms with Gasteiger partial charge in [0, 0.05) is 13.1 Å². The number of fused-ring (bicyclic) bond motifs is 1. The van der Waals surface area contributed by atoms with Gasteiger partial charge in [0.05, 0.1) is 11.0 Å². The topological polar surface area (TPSA) is 67.3 Å². The molecule has 1 saturated heterocycles. The maximum atomic E-state index is 12.2. The minimum atomic E-state index is -0.595. The number of H-pyrrole nitrogens is 1. The summed E-state index contributed by atoms with van der Waals surface area (Å²) in [5.74, 6) is 0. The molecule has 7 heteroatoms. The van der Waals surface area contributed by atoms with E-state index in [1.807, 2.05) is 13.1 Å². The summed E-state index contributed by atoms with van der Waals surface area (Å²) in [6, 6.07) is 7.08. The summed E-state index contributed by atoms with van der Waals surface area (Å²) in [5, 5.41) is 0. The molecule has 0 saturated carbocycles. The zero-order valence-electron chi connectivity index (χ0n) is 11.7. The van der Waals surface area contributed by atoms with Crippen LogP contribution in [0.4, 0.5) is 4.79 Å². The maximum absolute atomic E-state index is 12.2. The summed E-state index contributed by atoms with van der Waals surface area (Å²) < 4.78 is 6.51. The quantitative estimate of drug-likeness (QED) is 0.872. The van der Waals surface area contributed by atoms with Crippen molar-refractivity contribution < 1.29 is 9.53 Å². The smallest absolute Gasteiger partial charge is 0.423 e. The number of carbonyl (C=O) groups is 1. The van der Waals surface area contributed by atoms with E-state index in [2.05, 4.69) is 9.88 Å². The molecule has 0 spiro atoms. The third-order valence-corrected chi connectivity index (χ3v) is 3.71. The number of hydrogen-bond acceptors (Lipinski definition) is 4. The number of carbonyl (C=O) groups excluding carboxylic acids is 1. The van der Waals surface area contributed by atoms with Crippen LogP contribution in [-0.4, -0.2) is 46.8 Å². The van der Waals surface area contributed by atoms with Crippen molar-refractivity contribution in [2.45, 2.75) is 18.9 Å². The highest BCUT2D eigenvalue weighted by Gasteiger charge is 2.23. The number of imidazole rings is 1. The van der Waals surface area contributed by atoms with Crippen LogP contribution in [0.5, 0.6) is 0 Å². The van der Waals surface area contributed by atoms with Gasteiger partial charge in [-0.25, -0.2) is 9.59 Å². The van der Waals surface area contributed by atoms with E-state index in [1.54, 1.807) is 18.2 Å². The highest BCUT2D eigenvalue weighted by Crippen LogP contribution is 2.15. The molecule has 1 aromatic heterocycles. The maximum Gasteiger partial charge on any atom is 0.423 e. The number of likely N-dealkylation sites (tertiary alicyclic amines) is 1. The van der Waals surface area contributed by atoms with Crippen molar-refractivity contribution in [1.29, 1.82) is 0 Å². The Balaban J connectivity index is 0.00000161. The minimum absolute atomic E-state index is 0. The van der Waals surface area contributed by atoms with Gasteiger partial charge in [0.2, 0.25) is 0 Å². The molecule has 2 heterocycles. The lowest BCUT2D eigenvalue weighted by atomic mass is 10.1. The highest BCUT2D eigenvalue weighted by molar-refractivity contribution is 5.86. The number of ether oxygens (including phenoxy) is 1. The van der Waals surface area contributed by atoms with Crippen LogP contribution in [0.1, 0.15) is 12.8 Å². The van der Waals surface area contributed by atoms with Gasteiger partial charge in [0.15, 0.2) is 0 Å². The molecule has 0 aliphatic carbocycles. The summed E-state index contributed by atoms with van der Waals surface area (Å²) in [7, 11) is 2.04. The fourth-order valence-electron chi connectivity index (χ4n) is 2.53. The molecule has 1 aliphatic heterocycles. The number of aromatic amines is 1. The molecule has 1 N–H and O–H groups in total. The third kappa shape index (κ3) is 3.11. The van der Waals surface area contributed by atoms with Crippen molar-refractivity contribution >= 4 is 29.5 Å². The van der Waals surface area contributed by atoms with Crippen LogP contribution in [-0.2, 0) is 4.74 Å². The first-order chi connectivity index (χ1) is 9.65. The monoisotopic (exact) mass is 311 g/mol. The van der Waals surface area contributed by atoms with Crippen LogP contribution < -0.4 is 5.69 Å². The lowest BCUT2D eigenvalue weighted by Crippen LogP contribution is -2.37. The zero-order chi connectivity index (χ0) is 14.1. The number of para-hydroxylation sites is 2. The minimum Gasteiger partial charge on any atom is -0.445 e. The van der Waals surface area contributed by atoms with Crippen molar-refractivity contribution in [3.8, 4) is 0 Å². The molecular weight excluding hydrogens is 294 g/mol. The molecule has 3 rings (SSSR count). The Bertz CT molecular complexity index is 686. The Morgan fingerprint density at radius 3 is 2.67 bits per heavy atom. The van der Waals surface area contributed by atoms with Crippen LogP contribution in [0.3, 0.4) is 0 Å². The van der Waals surface area contributed by atoms with E-state index in [4.69, 9.17) is 4.74 Å². The second-order valence-electron chi connectivity index (χ2n) is 5.17. The molecular formula is C14H18ClN3O3. The van der Waals surface area contributed by atoms with E-state index in [0.717, 1.165) is 30.5 Å². The molecule has 0 atom stereocenters. The molecule has 2 aromatic rings. The SMILES string of the molecule is CN1CCC(OC(=O)n2c(=O)[nH]c3ccccc32)CC1.Cl. The number of benzene rings is 1. The second-order valence-corrected chi connectivity index (χ2v) is 5.17. The summed E-state index contributed by atoms with van der Waals surface area (Å²) in [5.41, 5.74) is 0.734. The predicted molar refractivity (Wildman–Crippen MR) is 82.2 cm³/mol. The van der Waals surface area contributed by atoms with Gasteiger partial charge < -0.3 is 14.6 Å². The van der Waals surface area contributed by atoms with Crippen LogP contribution in [0.15, 0.2) is 29.1 Å². The van der Waals surface area contributed by atoms with E-state index in [9.17, 15) is 9.59 Å². The highest BCUT2D eigenvalue weighted by atomic mass is 35.5. The van der Waals surface area contributed by atoms with Gasteiger partial charge in [0.25, 0.3) is 0 Å². The Kier molecular flexibility index (Phi) is 4.69. The van der Waals surface area contributed by atoms with E-state index < -0.39 is 11.8 Å². The predicted octanol–water partition coefficient (Wildman–Crippen LogP) is 1.83. The molecule has 1 fully saturated rings. The van der Waals surface area contributed by atoms with Gasteiger partial charge in [-0.15, -0.1) is 12.4 Å². The number of aromatic nitrogens is 2. The number of nitrogens with zero attached hydrogens (tertiary/aromatic N) is 2. The average molecular weight is 312 g/mol. The lowest BCUT2D eigenvalue weighted by molar-refractivity contribution is 0.0582. The largest absolute Gasteiger partial charge is 0.445 e. The van der Waals surface area contributed by atoms with Crippen LogP contribution in [0.2, 0.25) is 0 Å². The van der Waals surface area contributed by atoms with Crippen molar-refractivity contribution in [1.82, 2.24) is 14.5 Å². The second kappa shape index (κ2) is 6.32. The number of hydrogen-bond donors (Lipinski definition) is 1. The summed E-state index contributed by atoms with van der Waals surface area (Å²) in [4.78, 5) is 28.9. The molecule has 0 radical (unpaired) electrons. The van der Waals surface area contributed by atoms with E-state index in [1.165, 1.54) is 0 Å². The first-order valence-corrected chi connectivity index (χ1v) is 6.74. The van der Waals surface area contributed by atoms with Crippen LogP contribution in [0.25, 0.3) is 11.0 Å². The van der Waals surface area contributed by atoms with E-state index >= 15 is 0 Å². The summed E-state index contributed by atoms with van der Waals surface area (Å²) in [6.07, 6.45) is 0.903. The average Bonchev–Trinajstić information content (AvgIpc) is 2.77. The first kappa shape index (κ1) is 15.6.